The number of aromatic nitrogens is 1. The van der Waals surface area contributed by atoms with Crippen LogP contribution in [0.5, 0.6) is 0 Å². The number of benzene rings is 1. The topological polar surface area (TPSA) is 45.7 Å². The zero-order valence-electron chi connectivity index (χ0n) is 16.9. The molecule has 1 saturated heterocycles. The number of carbonyl (C=O) groups is 1. The molecule has 3 heterocycles. The molecule has 0 unspecified atom stereocenters. The molecular formula is C21H23Cl2N3O2S2. The molecule has 0 saturated carbocycles. The molecule has 1 aromatic carbocycles. The molecular weight excluding hydrogens is 461 g/mol. The molecule has 5 nitrogen and oxygen atoms in total. The van der Waals surface area contributed by atoms with Crippen molar-refractivity contribution in [2.24, 2.45) is 0 Å². The Bertz CT molecular complexity index is 1060. The fourth-order valence-corrected chi connectivity index (χ4v) is 6.16. The molecule has 0 bridgehead atoms. The molecule has 30 heavy (non-hydrogen) atoms. The van der Waals surface area contributed by atoms with Gasteiger partial charge in [0.05, 0.1) is 33.3 Å². The van der Waals surface area contributed by atoms with Crippen LogP contribution in [0.1, 0.15) is 27.9 Å². The van der Waals surface area contributed by atoms with E-state index in [9.17, 15) is 4.79 Å². The van der Waals surface area contributed by atoms with Crippen LogP contribution in [0.2, 0.25) is 8.67 Å². The number of rotatable bonds is 6. The van der Waals surface area contributed by atoms with Gasteiger partial charge in [0.15, 0.2) is 5.13 Å². The summed E-state index contributed by atoms with van der Waals surface area (Å²) >= 11 is 15.2. The Labute approximate surface area is 194 Å². The number of thiazole rings is 1. The highest BCUT2D eigenvalue weighted by Gasteiger charge is 2.25. The summed E-state index contributed by atoms with van der Waals surface area (Å²) in [6, 6.07) is 5.85. The maximum atomic E-state index is 13.4. The predicted molar refractivity (Wildman–Crippen MR) is 127 cm³/mol. The highest BCUT2D eigenvalue weighted by atomic mass is 35.5. The summed E-state index contributed by atoms with van der Waals surface area (Å²) in [4.78, 5) is 22.3. The van der Waals surface area contributed by atoms with Gasteiger partial charge in [0.1, 0.15) is 4.34 Å². The summed E-state index contributed by atoms with van der Waals surface area (Å²) in [7, 11) is 0. The molecule has 0 spiro atoms. The quantitative estimate of drug-likeness (QED) is 0.454. The molecule has 0 aliphatic carbocycles. The summed E-state index contributed by atoms with van der Waals surface area (Å²) < 4.78 is 7.45. The maximum Gasteiger partial charge on any atom is 0.262 e. The third kappa shape index (κ3) is 4.82. The van der Waals surface area contributed by atoms with E-state index in [1.54, 1.807) is 22.3 Å². The van der Waals surface area contributed by atoms with E-state index in [0.29, 0.717) is 25.9 Å². The normalized spacial score (nSPS) is 15.1. The minimum atomic E-state index is -0.154. The molecule has 0 N–H and O–H groups in total. The minimum absolute atomic E-state index is 0.154. The van der Waals surface area contributed by atoms with Crippen molar-refractivity contribution in [1.29, 1.82) is 0 Å². The standard InChI is InChI=1S/C21H23Cl2N3O2S2/c1-13-10-14(2)18-16(11-13)24-21(30-18)26(5-3-4-25-6-8-28-9-7-25)20(27)15-12-17(22)29-19(15)23/h10-12H,3-9H2,1-2H3. The van der Waals surface area contributed by atoms with E-state index in [1.807, 2.05) is 0 Å². The highest BCUT2D eigenvalue weighted by molar-refractivity contribution is 7.22. The SMILES string of the molecule is Cc1cc(C)c2sc(N(CCCN3CCOCC3)C(=O)c3cc(Cl)sc3Cl)nc2c1. The molecule has 1 amide bonds. The number of hydrogen-bond donors (Lipinski definition) is 0. The first-order valence-electron chi connectivity index (χ1n) is 9.87. The van der Waals surface area contributed by atoms with Crippen molar-refractivity contribution in [3.63, 3.8) is 0 Å². The summed E-state index contributed by atoms with van der Waals surface area (Å²) in [6.45, 7) is 9.01. The van der Waals surface area contributed by atoms with Crippen LogP contribution in [-0.4, -0.2) is 55.2 Å². The molecule has 1 fully saturated rings. The van der Waals surface area contributed by atoms with Crippen molar-refractivity contribution in [2.45, 2.75) is 20.3 Å². The summed E-state index contributed by atoms with van der Waals surface area (Å²) in [6.07, 6.45) is 0.842. The first-order valence-corrected chi connectivity index (χ1v) is 12.3. The fraction of sp³-hybridized carbons (Fsp3) is 0.429. The molecule has 1 aliphatic heterocycles. The van der Waals surface area contributed by atoms with E-state index in [-0.39, 0.29) is 5.91 Å². The summed E-state index contributed by atoms with van der Waals surface area (Å²) in [5, 5.41) is 0.698. The van der Waals surface area contributed by atoms with Crippen LogP contribution in [-0.2, 0) is 4.74 Å². The first-order chi connectivity index (χ1) is 14.4. The minimum Gasteiger partial charge on any atom is -0.379 e. The number of nitrogens with zero attached hydrogens (tertiary/aromatic N) is 3. The van der Waals surface area contributed by atoms with Crippen LogP contribution in [0.3, 0.4) is 0 Å². The molecule has 3 aromatic rings. The Hall–Kier alpha value is -1.22. The molecule has 1 aliphatic rings. The largest absolute Gasteiger partial charge is 0.379 e. The fourth-order valence-electron chi connectivity index (χ4n) is 3.67. The van der Waals surface area contributed by atoms with Crippen LogP contribution in [0, 0.1) is 13.8 Å². The van der Waals surface area contributed by atoms with Gasteiger partial charge in [-0.25, -0.2) is 4.98 Å². The van der Waals surface area contributed by atoms with E-state index in [2.05, 4.69) is 30.9 Å². The van der Waals surface area contributed by atoms with Crippen LogP contribution in [0.4, 0.5) is 5.13 Å². The zero-order chi connectivity index (χ0) is 21.3. The number of fused-ring (bicyclic) bond motifs is 1. The van der Waals surface area contributed by atoms with Crippen molar-refractivity contribution in [1.82, 2.24) is 9.88 Å². The van der Waals surface area contributed by atoms with Crippen molar-refractivity contribution in [3.8, 4) is 0 Å². The first kappa shape index (κ1) is 22.0. The number of thiophene rings is 1. The Balaban J connectivity index is 1.61. The Morgan fingerprint density at radius 2 is 1.97 bits per heavy atom. The number of morpholine rings is 1. The third-order valence-electron chi connectivity index (χ3n) is 5.13. The average molecular weight is 484 g/mol. The van der Waals surface area contributed by atoms with Crippen LogP contribution in [0.25, 0.3) is 10.2 Å². The van der Waals surface area contributed by atoms with Crippen LogP contribution < -0.4 is 4.90 Å². The number of hydrogen-bond acceptors (Lipinski definition) is 6. The van der Waals surface area contributed by atoms with Gasteiger partial charge >= 0.3 is 0 Å². The van der Waals surface area contributed by atoms with Gasteiger partial charge in [-0.15, -0.1) is 11.3 Å². The van der Waals surface area contributed by atoms with E-state index >= 15 is 0 Å². The average Bonchev–Trinajstić information content (AvgIpc) is 3.28. The van der Waals surface area contributed by atoms with Crippen molar-refractivity contribution >= 4 is 67.1 Å². The smallest absolute Gasteiger partial charge is 0.262 e. The van der Waals surface area contributed by atoms with E-state index in [0.717, 1.165) is 55.0 Å². The molecule has 0 atom stereocenters. The number of amides is 1. The van der Waals surface area contributed by atoms with Gasteiger partial charge in [0.25, 0.3) is 5.91 Å². The Kier molecular flexibility index (Phi) is 6.97. The second kappa shape index (κ2) is 9.51. The lowest BCUT2D eigenvalue weighted by molar-refractivity contribution is 0.0376. The maximum absolute atomic E-state index is 13.4. The predicted octanol–water partition coefficient (Wildman–Crippen LogP) is 5.65. The molecule has 2 aromatic heterocycles. The number of aryl methyl sites for hydroxylation is 2. The monoisotopic (exact) mass is 483 g/mol. The van der Waals surface area contributed by atoms with Gasteiger partial charge in [-0.1, -0.05) is 40.6 Å². The molecule has 160 valence electrons. The van der Waals surface area contributed by atoms with Gasteiger partial charge in [-0.3, -0.25) is 14.6 Å². The second-order valence-corrected chi connectivity index (χ2v) is 10.7. The van der Waals surface area contributed by atoms with E-state index < -0.39 is 0 Å². The lowest BCUT2D eigenvalue weighted by Gasteiger charge is -2.27. The summed E-state index contributed by atoms with van der Waals surface area (Å²) in [5.74, 6) is -0.154. The van der Waals surface area contributed by atoms with E-state index in [4.69, 9.17) is 32.9 Å². The lowest BCUT2D eigenvalue weighted by Crippen LogP contribution is -2.39. The molecule has 9 heteroatoms. The number of anilines is 1. The van der Waals surface area contributed by atoms with Gasteiger partial charge in [-0.05, 0) is 43.5 Å². The van der Waals surface area contributed by atoms with Crippen LogP contribution in [0.15, 0.2) is 18.2 Å². The molecule has 4 rings (SSSR count). The van der Waals surface area contributed by atoms with Gasteiger partial charge in [-0.2, -0.15) is 0 Å². The Morgan fingerprint density at radius 1 is 1.20 bits per heavy atom. The Morgan fingerprint density at radius 3 is 2.67 bits per heavy atom. The number of ether oxygens (including phenoxy) is 1. The highest BCUT2D eigenvalue weighted by Crippen LogP contribution is 2.36. The van der Waals surface area contributed by atoms with Gasteiger partial charge in [0, 0.05) is 26.2 Å². The number of carbonyl (C=O) groups excluding carboxylic acids is 1. The van der Waals surface area contributed by atoms with E-state index in [1.165, 1.54) is 16.9 Å². The van der Waals surface area contributed by atoms with Crippen molar-refractivity contribution < 1.29 is 9.53 Å². The molecule has 0 radical (unpaired) electrons. The summed E-state index contributed by atoms with van der Waals surface area (Å²) in [5.41, 5.74) is 3.69. The second-order valence-electron chi connectivity index (χ2n) is 7.43. The zero-order valence-corrected chi connectivity index (χ0v) is 20.1. The van der Waals surface area contributed by atoms with Crippen LogP contribution >= 0.6 is 45.9 Å². The van der Waals surface area contributed by atoms with Gasteiger partial charge in [0.2, 0.25) is 0 Å². The third-order valence-corrected chi connectivity index (χ3v) is 7.85. The van der Waals surface area contributed by atoms with Crippen molar-refractivity contribution in [2.75, 3.05) is 44.3 Å². The number of halogens is 2. The van der Waals surface area contributed by atoms with Gasteiger partial charge < -0.3 is 4.74 Å². The van der Waals surface area contributed by atoms with Crippen molar-refractivity contribution in [3.05, 3.63) is 43.6 Å². The lowest BCUT2D eigenvalue weighted by atomic mass is 10.1.